The number of rotatable bonds is 5. The first-order chi connectivity index (χ1) is 9.54. The lowest BCUT2D eigenvalue weighted by molar-refractivity contribution is -0.116. The molecule has 0 bridgehead atoms. The van der Waals surface area contributed by atoms with E-state index in [1.165, 1.54) is 11.3 Å². The van der Waals surface area contributed by atoms with Crippen molar-refractivity contribution in [3.63, 3.8) is 0 Å². The van der Waals surface area contributed by atoms with Crippen LogP contribution >= 0.6 is 27.3 Å². The molecule has 0 spiro atoms. The lowest BCUT2D eigenvalue weighted by atomic mass is 10.1. The van der Waals surface area contributed by atoms with E-state index in [1.807, 2.05) is 6.92 Å². The van der Waals surface area contributed by atoms with Crippen LogP contribution in [-0.2, 0) is 4.79 Å². The molecule has 0 fully saturated rings. The van der Waals surface area contributed by atoms with Crippen LogP contribution in [0.25, 0.3) is 0 Å². The monoisotopic (exact) mass is 353 g/mol. The summed E-state index contributed by atoms with van der Waals surface area (Å²) in [6.07, 6.45) is 0.304. The fraction of sp³-hybridized carbons (Fsp3) is 0.231. The number of carbonyl (C=O) groups excluding carboxylic acids is 2. The van der Waals surface area contributed by atoms with Gasteiger partial charge in [0.2, 0.25) is 11.0 Å². The van der Waals surface area contributed by atoms with Crippen LogP contribution in [0.5, 0.6) is 0 Å². The first kappa shape index (κ1) is 14.8. The number of ketones is 1. The Morgan fingerprint density at radius 3 is 2.50 bits per heavy atom. The van der Waals surface area contributed by atoms with Crippen LogP contribution < -0.4 is 5.32 Å². The zero-order valence-corrected chi connectivity index (χ0v) is 13.1. The second kappa shape index (κ2) is 6.71. The molecule has 1 aromatic heterocycles. The molecule has 0 unspecified atom stereocenters. The van der Waals surface area contributed by atoms with Crippen LogP contribution in [0, 0.1) is 6.92 Å². The second-order valence-electron chi connectivity index (χ2n) is 4.10. The van der Waals surface area contributed by atoms with Gasteiger partial charge in [-0.05, 0) is 19.1 Å². The summed E-state index contributed by atoms with van der Waals surface area (Å²) in [4.78, 5) is 23.6. The standard InChI is InChI=1S/C13H12BrN3O2S/c1-8-16-17-13(20-8)15-12(19)7-6-11(18)9-2-4-10(14)5-3-9/h2-5H,6-7H2,1H3,(H,15,17,19). The van der Waals surface area contributed by atoms with Gasteiger partial charge in [-0.15, -0.1) is 10.2 Å². The molecule has 7 heteroatoms. The lowest BCUT2D eigenvalue weighted by Crippen LogP contribution is -2.13. The minimum Gasteiger partial charge on any atom is -0.301 e. The van der Waals surface area contributed by atoms with E-state index < -0.39 is 0 Å². The molecule has 2 rings (SSSR count). The maximum absolute atomic E-state index is 11.9. The average molecular weight is 354 g/mol. The van der Waals surface area contributed by atoms with Crippen LogP contribution in [0.4, 0.5) is 5.13 Å². The Hall–Kier alpha value is -1.60. The third-order valence-electron chi connectivity index (χ3n) is 2.52. The Morgan fingerprint density at radius 1 is 1.20 bits per heavy atom. The molecule has 104 valence electrons. The van der Waals surface area contributed by atoms with Crippen LogP contribution in [0.3, 0.4) is 0 Å². The minimum absolute atomic E-state index is 0.0545. The number of hydrogen-bond donors (Lipinski definition) is 1. The molecule has 2 aromatic rings. The van der Waals surface area contributed by atoms with E-state index in [1.54, 1.807) is 24.3 Å². The second-order valence-corrected chi connectivity index (χ2v) is 6.20. The fourth-order valence-electron chi connectivity index (χ4n) is 1.54. The minimum atomic E-state index is -0.230. The summed E-state index contributed by atoms with van der Waals surface area (Å²) in [5.41, 5.74) is 0.604. The largest absolute Gasteiger partial charge is 0.301 e. The van der Waals surface area contributed by atoms with Gasteiger partial charge in [0.15, 0.2) is 5.78 Å². The third-order valence-corrected chi connectivity index (χ3v) is 3.80. The summed E-state index contributed by atoms with van der Waals surface area (Å²) >= 11 is 4.61. The number of halogens is 1. The third kappa shape index (κ3) is 4.21. The Labute approximate surface area is 128 Å². The molecule has 1 amide bonds. The number of anilines is 1. The number of hydrogen-bond acceptors (Lipinski definition) is 5. The van der Waals surface area contributed by atoms with E-state index >= 15 is 0 Å². The highest BCUT2D eigenvalue weighted by molar-refractivity contribution is 9.10. The average Bonchev–Trinajstić information content (AvgIpc) is 2.82. The summed E-state index contributed by atoms with van der Waals surface area (Å²) in [7, 11) is 0. The molecular weight excluding hydrogens is 342 g/mol. The van der Waals surface area contributed by atoms with E-state index in [4.69, 9.17) is 0 Å². The summed E-state index contributed by atoms with van der Waals surface area (Å²) in [6, 6.07) is 7.07. The van der Waals surface area contributed by atoms with Crippen LogP contribution in [0.2, 0.25) is 0 Å². The molecule has 0 aliphatic rings. The normalized spacial score (nSPS) is 10.3. The molecule has 0 aliphatic carbocycles. The fourth-order valence-corrected chi connectivity index (χ4v) is 2.41. The van der Waals surface area contributed by atoms with Gasteiger partial charge < -0.3 is 5.32 Å². The van der Waals surface area contributed by atoms with Gasteiger partial charge in [-0.2, -0.15) is 0 Å². The molecule has 1 aromatic carbocycles. The van der Waals surface area contributed by atoms with Crippen molar-refractivity contribution >= 4 is 44.1 Å². The Balaban J connectivity index is 1.84. The van der Waals surface area contributed by atoms with Crippen molar-refractivity contribution in [3.8, 4) is 0 Å². The number of benzene rings is 1. The van der Waals surface area contributed by atoms with Crippen molar-refractivity contribution in [1.29, 1.82) is 0 Å². The maximum atomic E-state index is 11.9. The van der Waals surface area contributed by atoms with Gasteiger partial charge in [-0.25, -0.2) is 0 Å². The molecule has 1 N–H and O–H groups in total. The molecule has 0 saturated carbocycles. The van der Waals surface area contributed by atoms with E-state index in [0.29, 0.717) is 10.7 Å². The van der Waals surface area contributed by atoms with E-state index in [0.717, 1.165) is 9.48 Å². The van der Waals surface area contributed by atoms with E-state index in [9.17, 15) is 9.59 Å². The highest BCUT2D eigenvalue weighted by atomic mass is 79.9. The highest BCUT2D eigenvalue weighted by Gasteiger charge is 2.11. The Morgan fingerprint density at radius 2 is 1.90 bits per heavy atom. The van der Waals surface area contributed by atoms with Crippen LogP contribution in [-0.4, -0.2) is 21.9 Å². The van der Waals surface area contributed by atoms with E-state index in [2.05, 4.69) is 31.4 Å². The summed E-state index contributed by atoms with van der Waals surface area (Å²) in [5.74, 6) is -0.285. The van der Waals surface area contributed by atoms with Crippen molar-refractivity contribution in [2.45, 2.75) is 19.8 Å². The van der Waals surface area contributed by atoms with Crippen molar-refractivity contribution in [2.75, 3.05) is 5.32 Å². The molecule has 0 aliphatic heterocycles. The number of nitrogens with zero attached hydrogens (tertiary/aromatic N) is 2. The zero-order valence-electron chi connectivity index (χ0n) is 10.7. The first-order valence-electron chi connectivity index (χ1n) is 5.93. The van der Waals surface area contributed by atoms with Gasteiger partial charge in [0, 0.05) is 22.9 Å². The molecule has 20 heavy (non-hydrogen) atoms. The quantitative estimate of drug-likeness (QED) is 0.837. The molecule has 0 atom stereocenters. The van der Waals surface area contributed by atoms with Gasteiger partial charge in [0.25, 0.3) is 0 Å². The highest BCUT2D eigenvalue weighted by Crippen LogP contribution is 2.15. The van der Waals surface area contributed by atoms with Crippen molar-refractivity contribution < 1.29 is 9.59 Å². The number of aryl methyl sites for hydroxylation is 1. The van der Waals surface area contributed by atoms with E-state index in [-0.39, 0.29) is 24.5 Å². The molecule has 1 heterocycles. The number of carbonyl (C=O) groups is 2. The molecular formula is C13H12BrN3O2S. The van der Waals surface area contributed by atoms with Crippen molar-refractivity contribution in [1.82, 2.24) is 10.2 Å². The van der Waals surface area contributed by atoms with Crippen molar-refractivity contribution in [2.24, 2.45) is 0 Å². The first-order valence-corrected chi connectivity index (χ1v) is 7.54. The zero-order chi connectivity index (χ0) is 14.5. The number of Topliss-reactive ketones (excluding diaryl/α,β-unsaturated/α-hetero) is 1. The molecule has 0 saturated heterocycles. The number of amides is 1. The molecule has 5 nitrogen and oxygen atoms in total. The topological polar surface area (TPSA) is 72.0 Å². The Bertz CT molecular complexity index is 625. The summed E-state index contributed by atoms with van der Waals surface area (Å²) < 4.78 is 0.915. The Kier molecular flexibility index (Phi) is 4.97. The van der Waals surface area contributed by atoms with Gasteiger partial charge in [-0.3, -0.25) is 9.59 Å². The van der Waals surface area contributed by atoms with Gasteiger partial charge >= 0.3 is 0 Å². The summed E-state index contributed by atoms with van der Waals surface area (Å²) in [6.45, 7) is 1.81. The number of aromatic nitrogens is 2. The van der Waals surface area contributed by atoms with Gasteiger partial charge in [-0.1, -0.05) is 39.4 Å². The van der Waals surface area contributed by atoms with Gasteiger partial charge in [0.1, 0.15) is 5.01 Å². The smallest absolute Gasteiger partial charge is 0.226 e. The van der Waals surface area contributed by atoms with Crippen molar-refractivity contribution in [3.05, 3.63) is 39.3 Å². The predicted octanol–water partition coefficient (Wildman–Crippen LogP) is 3.21. The van der Waals surface area contributed by atoms with Crippen LogP contribution in [0.1, 0.15) is 28.2 Å². The number of nitrogens with one attached hydrogen (secondary N) is 1. The maximum Gasteiger partial charge on any atom is 0.226 e. The van der Waals surface area contributed by atoms with Crippen LogP contribution in [0.15, 0.2) is 28.7 Å². The van der Waals surface area contributed by atoms with Gasteiger partial charge in [0.05, 0.1) is 0 Å². The molecule has 0 radical (unpaired) electrons. The lowest BCUT2D eigenvalue weighted by Gasteiger charge is -2.02. The predicted molar refractivity (Wildman–Crippen MR) is 81.0 cm³/mol. The SMILES string of the molecule is Cc1nnc(NC(=O)CCC(=O)c2ccc(Br)cc2)s1. The summed E-state index contributed by atoms with van der Waals surface area (Å²) in [5, 5.41) is 11.5.